The summed E-state index contributed by atoms with van der Waals surface area (Å²) in [5.74, 6) is -0.814. The maximum absolute atomic E-state index is 13.5. The lowest BCUT2D eigenvalue weighted by atomic mass is 10.1. The zero-order chi connectivity index (χ0) is 23.3. The molecule has 2 fully saturated rings. The molecule has 0 aromatic heterocycles. The van der Waals surface area contributed by atoms with Gasteiger partial charge in [0.15, 0.2) is 0 Å². The smallest absolute Gasteiger partial charge is 0.319 e. The van der Waals surface area contributed by atoms with Gasteiger partial charge in [-0.3, -0.25) is 14.4 Å². The zero-order valence-electron chi connectivity index (χ0n) is 18.2. The number of urea groups is 1. The van der Waals surface area contributed by atoms with E-state index in [1.165, 1.54) is 21.6 Å². The maximum atomic E-state index is 13.5. The average Bonchev–Trinajstić information content (AvgIpc) is 3.41. The van der Waals surface area contributed by atoms with Crippen LogP contribution in [-0.4, -0.2) is 83.0 Å². The largest absolute Gasteiger partial charge is 0.368 e. The fraction of sp³-hybridized carbons (Fsp3) is 0.524. The molecule has 0 radical (unpaired) electrons. The van der Waals surface area contributed by atoms with Gasteiger partial charge in [-0.05, 0) is 50.0 Å². The van der Waals surface area contributed by atoms with Crippen LogP contribution in [0.2, 0.25) is 0 Å². The molecule has 4 N–H and O–H groups in total. The number of likely N-dealkylation sites (tertiary alicyclic amines) is 2. The van der Waals surface area contributed by atoms with E-state index < -0.39 is 30.1 Å². The molecule has 0 spiro atoms. The number of amides is 5. The highest BCUT2D eigenvalue weighted by atomic mass is 32.2. The minimum Gasteiger partial charge on any atom is -0.368 e. The predicted molar refractivity (Wildman–Crippen MR) is 127 cm³/mol. The number of nitrogens with one attached hydrogen (secondary N) is 2. The van der Waals surface area contributed by atoms with Crippen LogP contribution in [0.3, 0.4) is 0 Å². The Kier molecular flexibility index (Phi) is 8.30. The van der Waals surface area contributed by atoms with Crippen molar-refractivity contribution in [2.75, 3.05) is 36.7 Å². The van der Waals surface area contributed by atoms with Crippen molar-refractivity contribution in [3.05, 3.63) is 24.3 Å². The van der Waals surface area contributed by atoms with Crippen molar-refractivity contribution >= 4 is 53.0 Å². The van der Waals surface area contributed by atoms with Gasteiger partial charge in [0.1, 0.15) is 12.1 Å². The van der Waals surface area contributed by atoms with Gasteiger partial charge < -0.3 is 26.2 Å². The van der Waals surface area contributed by atoms with Gasteiger partial charge in [0, 0.05) is 23.7 Å². The summed E-state index contributed by atoms with van der Waals surface area (Å²) in [7, 11) is 0. The number of nitrogens with zero attached hydrogens (tertiary/aromatic N) is 2. The topological polar surface area (TPSA) is 125 Å². The van der Waals surface area contributed by atoms with Gasteiger partial charge in [0.2, 0.25) is 17.7 Å². The van der Waals surface area contributed by atoms with Crippen LogP contribution in [0.15, 0.2) is 29.2 Å². The van der Waals surface area contributed by atoms with Crippen molar-refractivity contribution < 1.29 is 19.2 Å². The first kappa shape index (κ1) is 24.2. The molecule has 2 aliphatic heterocycles. The number of thioether (sulfide) groups is 2. The lowest BCUT2D eigenvalue weighted by molar-refractivity contribution is -0.145. The van der Waals surface area contributed by atoms with E-state index >= 15 is 0 Å². The van der Waals surface area contributed by atoms with E-state index in [0.29, 0.717) is 38.0 Å². The van der Waals surface area contributed by atoms with E-state index in [1.807, 2.05) is 30.7 Å². The highest BCUT2D eigenvalue weighted by Crippen LogP contribution is 2.26. The van der Waals surface area contributed by atoms with Gasteiger partial charge in [-0.25, -0.2) is 4.79 Å². The van der Waals surface area contributed by atoms with E-state index in [-0.39, 0.29) is 17.6 Å². The molecule has 0 bridgehead atoms. The standard InChI is InChI=1S/C21H29N5O4S2/c1-31-12-17(27)26-10-8-15(18(26)20(29)25-9-4-7-16(25)19(22)28)24-21(30)23-13-5-3-6-14(11-13)32-2/h3,5-6,11,15-16,18H,4,7-10,12H2,1-2H3,(H2,22,28)(H2,23,24,30)/t15-,16+,18-/m0/s1. The first-order valence-electron chi connectivity index (χ1n) is 10.5. The monoisotopic (exact) mass is 479 g/mol. The molecule has 0 saturated carbocycles. The Morgan fingerprint density at radius 1 is 1.12 bits per heavy atom. The lowest BCUT2D eigenvalue weighted by Crippen LogP contribution is -2.58. The van der Waals surface area contributed by atoms with E-state index in [1.54, 1.807) is 17.8 Å². The number of nitrogens with two attached hydrogens (primary N) is 1. The Balaban J connectivity index is 1.76. The number of anilines is 1. The van der Waals surface area contributed by atoms with E-state index in [0.717, 1.165) is 4.90 Å². The van der Waals surface area contributed by atoms with Gasteiger partial charge in [0.25, 0.3) is 0 Å². The highest BCUT2D eigenvalue weighted by Gasteiger charge is 2.46. The molecule has 1 aromatic carbocycles. The van der Waals surface area contributed by atoms with Crippen LogP contribution < -0.4 is 16.4 Å². The summed E-state index contributed by atoms with van der Waals surface area (Å²) in [6.45, 7) is 0.770. The normalized spacial score (nSPS) is 22.6. The Morgan fingerprint density at radius 3 is 2.59 bits per heavy atom. The Bertz CT molecular complexity index is 884. The van der Waals surface area contributed by atoms with Crippen molar-refractivity contribution in [3.63, 3.8) is 0 Å². The van der Waals surface area contributed by atoms with Crippen molar-refractivity contribution in [2.45, 2.75) is 42.3 Å². The summed E-state index contributed by atoms with van der Waals surface area (Å²) in [5.41, 5.74) is 6.13. The van der Waals surface area contributed by atoms with Gasteiger partial charge >= 0.3 is 6.03 Å². The van der Waals surface area contributed by atoms with Crippen molar-refractivity contribution in [1.82, 2.24) is 15.1 Å². The third kappa shape index (κ3) is 5.50. The van der Waals surface area contributed by atoms with Gasteiger partial charge in [-0.2, -0.15) is 11.8 Å². The summed E-state index contributed by atoms with van der Waals surface area (Å²) in [5, 5.41) is 5.67. The molecule has 2 heterocycles. The molecular formula is C21H29N5O4S2. The Hall–Kier alpha value is -2.40. The molecule has 11 heteroatoms. The number of rotatable bonds is 7. The van der Waals surface area contributed by atoms with E-state index in [4.69, 9.17) is 5.73 Å². The third-order valence-corrected chi connectivity index (χ3v) is 7.01. The molecular weight excluding hydrogens is 450 g/mol. The molecule has 9 nitrogen and oxygen atoms in total. The molecule has 0 aliphatic carbocycles. The van der Waals surface area contributed by atoms with Crippen molar-refractivity contribution in [2.24, 2.45) is 5.73 Å². The Labute approximate surface area is 196 Å². The van der Waals surface area contributed by atoms with Gasteiger partial charge in [-0.1, -0.05) is 6.07 Å². The first-order valence-corrected chi connectivity index (χ1v) is 13.1. The molecule has 3 rings (SSSR count). The minimum atomic E-state index is -0.863. The molecule has 2 aliphatic rings. The second kappa shape index (κ2) is 11.0. The number of carbonyl (C=O) groups is 4. The number of primary amides is 1. The van der Waals surface area contributed by atoms with Crippen LogP contribution in [0.4, 0.5) is 10.5 Å². The molecule has 5 amide bonds. The van der Waals surface area contributed by atoms with Gasteiger partial charge in [-0.15, -0.1) is 11.8 Å². The molecule has 1 aromatic rings. The van der Waals surface area contributed by atoms with Crippen molar-refractivity contribution in [3.8, 4) is 0 Å². The number of benzene rings is 1. The molecule has 32 heavy (non-hydrogen) atoms. The van der Waals surface area contributed by atoms with Crippen LogP contribution in [0.5, 0.6) is 0 Å². The van der Waals surface area contributed by atoms with Crippen LogP contribution in [-0.2, 0) is 14.4 Å². The van der Waals surface area contributed by atoms with Crippen molar-refractivity contribution in [1.29, 1.82) is 0 Å². The molecule has 174 valence electrons. The SMILES string of the molecule is CSCC(=O)N1CC[C@H](NC(=O)Nc2cccc(SC)c2)[C@H]1C(=O)N1CCC[C@@H]1C(N)=O. The first-order chi connectivity index (χ1) is 15.3. The van der Waals surface area contributed by atoms with Crippen LogP contribution in [0.25, 0.3) is 0 Å². The summed E-state index contributed by atoms with van der Waals surface area (Å²) in [6, 6.07) is 4.89. The molecule has 3 atom stereocenters. The quantitative estimate of drug-likeness (QED) is 0.507. The lowest BCUT2D eigenvalue weighted by Gasteiger charge is -2.33. The van der Waals surface area contributed by atoms with E-state index in [2.05, 4.69) is 10.6 Å². The number of carbonyl (C=O) groups excluding carboxylic acids is 4. The Morgan fingerprint density at radius 2 is 1.91 bits per heavy atom. The maximum Gasteiger partial charge on any atom is 0.319 e. The minimum absolute atomic E-state index is 0.164. The second-order valence-electron chi connectivity index (χ2n) is 7.78. The number of hydrogen-bond acceptors (Lipinski definition) is 6. The second-order valence-corrected chi connectivity index (χ2v) is 9.53. The predicted octanol–water partition coefficient (Wildman–Crippen LogP) is 1.34. The summed E-state index contributed by atoms with van der Waals surface area (Å²) < 4.78 is 0. The van der Waals surface area contributed by atoms with Crippen LogP contribution >= 0.6 is 23.5 Å². The summed E-state index contributed by atoms with van der Waals surface area (Å²) >= 11 is 2.94. The summed E-state index contributed by atoms with van der Waals surface area (Å²) in [6.07, 6.45) is 5.40. The molecule has 2 saturated heterocycles. The highest BCUT2D eigenvalue weighted by molar-refractivity contribution is 7.99. The van der Waals surface area contributed by atoms with E-state index in [9.17, 15) is 19.2 Å². The summed E-state index contributed by atoms with van der Waals surface area (Å²) in [4.78, 5) is 54.7. The average molecular weight is 480 g/mol. The fourth-order valence-corrected chi connectivity index (χ4v) is 5.14. The van der Waals surface area contributed by atoms with Crippen LogP contribution in [0, 0.1) is 0 Å². The number of hydrogen-bond donors (Lipinski definition) is 3. The van der Waals surface area contributed by atoms with Gasteiger partial charge in [0.05, 0.1) is 11.8 Å². The third-order valence-electron chi connectivity index (χ3n) is 5.75. The molecule has 0 unspecified atom stereocenters. The zero-order valence-corrected chi connectivity index (χ0v) is 19.8. The van der Waals surface area contributed by atoms with Crippen LogP contribution in [0.1, 0.15) is 19.3 Å². The fourth-order valence-electron chi connectivity index (χ4n) is 4.27.